The number of nitrogens with one attached hydrogen (secondary N) is 1. The third-order valence-electron chi connectivity index (χ3n) is 4.93. The number of anilines is 2. The molecule has 1 unspecified atom stereocenters. The molecule has 0 saturated carbocycles. The summed E-state index contributed by atoms with van der Waals surface area (Å²) in [6, 6.07) is 14.5. The molecule has 0 saturated heterocycles. The molecule has 0 fully saturated rings. The first-order valence-corrected chi connectivity index (χ1v) is 10.2. The summed E-state index contributed by atoms with van der Waals surface area (Å²) in [6.07, 6.45) is 0.902. The molecule has 0 amide bonds. The van der Waals surface area contributed by atoms with Gasteiger partial charge in [0.1, 0.15) is 0 Å². The van der Waals surface area contributed by atoms with Gasteiger partial charge in [0.25, 0.3) is 0 Å². The largest absolute Gasteiger partial charge is 1.00 e. The Labute approximate surface area is 213 Å². The number of benzene rings is 2. The van der Waals surface area contributed by atoms with Gasteiger partial charge in [-0.05, 0) is 66.6 Å². The van der Waals surface area contributed by atoms with E-state index in [1.807, 2.05) is 31.3 Å². The van der Waals surface area contributed by atoms with E-state index in [0.29, 0.717) is 0 Å². The maximum Gasteiger partial charge on any atom is 1.00 e. The van der Waals surface area contributed by atoms with E-state index in [2.05, 4.69) is 47.5 Å². The van der Waals surface area contributed by atoms with Crippen molar-refractivity contribution in [2.45, 2.75) is 30.9 Å². The Morgan fingerprint density at radius 3 is 2.63 bits per heavy atom. The van der Waals surface area contributed by atoms with E-state index in [0.717, 1.165) is 51.7 Å². The Morgan fingerprint density at radius 2 is 1.93 bits per heavy atom. The third kappa shape index (κ3) is 4.17. The molecule has 136 valence electrons. The molecule has 0 aromatic heterocycles. The predicted molar refractivity (Wildman–Crippen MR) is 111 cm³/mol. The molecule has 4 nitrogen and oxygen atoms in total. The maximum atomic E-state index is 12.9. The molecule has 2 aromatic carbocycles. The molecule has 0 radical (unpaired) electrons. The van der Waals surface area contributed by atoms with E-state index >= 15 is 0 Å². The molecule has 4 rings (SSSR count). The van der Waals surface area contributed by atoms with Gasteiger partial charge < -0.3 is 9.83 Å². The van der Waals surface area contributed by atoms with Crippen LogP contribution in [0.15, 0.2) is 52.9 Å². The molecule has 0 spiro atoms. The minimum atomic E-state index is -0.838. The smallest absolute Gasteiger partial charge is 0.836 e. The second kappa shape index (κ2) is 9.24. The fourth-order valence-corrected chi connectivity index (χ4v) is 4.27. The molecule has 1 N–H and O–H groups in total. The zero-order valence-electron chi connectivity index (χ0n) is 15.9. The minimum absolute atomic E-state index is 0. The quantitative estimate of drug-likeness (QED) is 0.432. The van der Waals surface area contributed by atoms with Crippen LogP contribution in [0.5, 0.6) is 0 Å². The number of fused-ring (bicyclic) bond motifs is 2. The summed E-state index contributed by atoms with van der Waals surface area (Å²) in [5, 5.41) is 16.8. The van der Waals surface area contributed by atoms with Crippen molar-refractivity contribution in [1.29, 1.82) is 0 Å². The van der Waals surface area contributed by atoms with E-state index < -0.39 is 6.23 Å². The minimum Gasteiger partial charge on any atom is -0.836 e. The first kappa shape index (κ1) is 21.7. The first-order valence-electron chi connectivity index (χ1n) is 8.82. The third-order valence-corrected chi connectivity index (χ3v) is 5.89. The van der Waals surface area contributed by atoms with Crippen LogP contribution >= 0.6 is 24.6 Å². The van der Waals surface area contributed by atoms with E-state index in [1.54, 1.807) is 17.0 Å². The van der Waals surface area contributed by atoms with Gasteiger partial charge in [0.2, 0.25) is 0 Å². The van der Waals surface area contributed by atoms with Crippen LogP contribution in [-0.2, 0) is 6.42 Å². The number of thiol groups is 1. The average molecular weight is 424 g/mol. The number of hydrogen-bond donors (Lipinski definition) is 2. The van der Waals surface area contributed by atoms with E-state index in [1.165, 1.54) is 5.56 Å². The first-order chi connectivity index (χ1) is 12.6. The predicted octanol–water partition coefficient (Wildman–Crippen LogP) is 0.770. The molecule has 1 aliphatic heterocycles. The van der Waals surface area contributed by atoms with Gasteiger partial charge in [-0.1, -0.05) is 24.9 Å². The van der Waals surface area contributed by atoms with Gasteiger partial charge in [0, 0.05) is 28.9 Å². The SMILES string of the molecule is CCSNc1ccc2c(c1)C1=C(CC2)C([O-])N(C)N1c1ccc(S)cc1.[K+]. The second-order valence-electron chi connectivity index (χ2n) is 6.54. The number of likely N-dealkylation sites (N-methyl/N-ethyl adjacent to an activating group) is 1. The van der Waals surface area contributed by atoms with Gasteiger partial charge >= 0.3 is 51.4 Å². The van der Waals surface area contributed by atoms with Crippen molar-refractivity contribution in [1.82, 2.24) is 5.01 Å². The Kier molecular flexibility index (Phi) is 7.44. The summed E-state index contributed by atoms with van der Waals surface area (Å²) >= 11 is 6.06. The number of hydrogen-bond acceptors (Lipinski definition) is 6. The van der Waals surface area contributed by atoms with Crippen LogP contribution in [0.2, 0.25) is 0 Å². The van der Waals surface area contributed by atoms with Crippen LogP contribution in [0.4, 0.5) is 11.4 Å². The summed E-state index contributed by atoms with van der Waals surface area (Å²) in [4.78, 5) is 0.913. The van der Waals surface area contributed by atoms with E-state index in [-0.39, 0.29) is 51.4 Å². The van der Waals surface area contributed by atoms with Crippen molar-refractivity contribution in [2.24, 2.45) is 0 Å². The van der Waals surface area contributed by atoms with E-state index in [9.17, 15) is 5.11 Å². The molecule has 2 aromatic rings. The van der Waals surface area contributed by atoms with Crippen molar-refractivity contribution in [3.05, 3.63) is 59.2 Å². The van der Waals surface area contributed by atoms with Crippen molar-refractivity contribution < 1.29 is 56.5 Å². The van der Waals surface area contributed by atoms with Crippen molar-refractivity contribution in [3.63, 3.8) is 0 Å². The molecule has 27 heavy (non-hydrogen) atoms. The van der Waals surface area contributed by atoms with Gasteiger partial charge in [-0.2, -0.15) is 0 Å². The Balaban J connectivity index is 0.00000210. The maximum absolute atomic E-state index is 12.9. The number of nitrogens with zero attached hydrogens (tertiary/aromatic N) is 2. The monoisotopic (exact) mass is 423 g/mol. The van der Waals surface area contributed by atoms with Crippen molar-refractivity contribution in [2.75, 3.05) is 22.5 Å². The van der Waals surface area contributed by atoms with Gasteiger partial charge in [-0.3, -0.25) is 5.01 Å². The normalized spacial score (nSPS) is 18.8. The Hall–Kier alpha value is 0.0364. The van der Waals surface area contributed by atoms with Crippen LogP contribution in [0.25, 0.3) is 5.70 Å². The number of hydrazine groups is 1. The molecular weight excluding hydrogens is 401 g/mol. The molecule has 0 bridgehead atoms. The molecular formula is C20H22KN3OS2. The molecule has 2 aliphatic rings. The van der Waals surface area contributed by atoms with Crippen LogP contribution < -0.4 is 66.2 Å². The fraction of sp³-hybridized carbons (Fsp3) is 0.300. The zero-order chi connectivity index (χ0) is 18.3. The molecule has 1 atom stereocenters. The fourth-order valence-electron chi connectivity index (χ4n) is 3.68. The van der Waals surface area contributed by atoms with Gasteiger partial charge in [-0.15, -0.1) is 12.6 Å². The van der Waals surface area contributed by atoms with Crippen LogP contribution in [0.3, 0.4) is 0 Å². The summed E-state index contributed by atoms with van der Waals surface area (Å²) in [7, 11) is 1.87. The summed E-state index contributed by atoms with van der Waals surface area (Å²) in [5.74, 6) is 0.999. The van der Waals surface area contributed by atoms with Crippen molar-refractivity contribution in [3.8, 4) is 0 Å². The summed E-state index contributed by atoms with van der Waals surface area (Å²) in [6.45, 7) is 2.12. The zero-order valence-corrected chi connectivity index (χ0v) is 20.7. The Morgan fingerprint density at radius 1 is 1.19 bits per heavy atom. The summed E-state index contributed by atoms with van der Waals surface area (Å²) in [5.41, 5.74) is 6.56. The van der Waals surface area contributed by atoms with E-state index in [4.69, 9.17) is 0 Å². The summed E-state index contributed by atoms with van der Waals surface area (Å²) < 4.78 is 3.38. The van der Waals surface area contributed by atoms with Gasteiger partial charge in [0.15, 0.2) is 0 Å². The topological polar surface area (TPSA) is 41.6 Å². The van der Waals surface area contributed by atoms with Crippen LogP contribution in [0, 0.1) is 0 Å². The average Bonchev–Trinajstić information content (AvgIpc) is 2.92. The molecule has 1 aliphatic carbocycles. The van der Waals surface area contributed by atoms with Crippen LogP contribution in [0.1, 0.15) is 24.5 Å². The number of aryl methyl sites for hydroxylation is 1. The van der Waals surface area contributed by atoms with Gasteiger partial charge in [0.05, 0.1) is 11.4 Å². The molecule has 1 heterocycles. The van der Waals surface area contributed by atoms with Crippen molar-refractivity contribution >= 4 is 41.6 Å². The Bertz CT molecular complexity index is 857. The second-order valence-corrected chi connectivity index (χ2v) is 8.12. The van der Waals surface area contributed by atoms with Gasteiger partial charge in [-0.25, -0.2) is 5.01 Å². The van der Waals surface area contributed by atoms with Crippen LogP contribution in [-0.4, -0.2) is 24.0 Å². The molecule has 7 heteroatoms. The number of rotatable bonds is 4. The standard InChI is InChI=1S/C20H22N3OS2.K/c1-3-26-21-14-6-4-13-5-11-17-19(18(13)12-14)23(22(2)20(17)24)15-7-9-16(25)10-8-15;/h4,6-10,12,20-21,25H,3,5,11H2,1-2H3;/q-1;+1.